The molecule has 1 heteroatoms. The summed E-state index contributed by atoms with van der Waals surface area (Å²) in [5, 5.41) is 3.54. The Morgan fingerprint density at radius 3 is 2.65 bits per heavy atom. The van der Waals surface area contributed by atoms with E-state index in [0.29, 0.717) is 0 Å². The van der Waals surface area contributed by atoms with Crippen LogP contribution in [0.3, 0.4) is 0 Å². The Balaban J connectivity index is 1.86. The minimum absolute atomic E-state index is 0.747. The Labute approximate surface area is 106 Å². The molecule has 0 heterocycles. The molecule has 94 valence electrons. The van der Waals surface area contributed by atoms with Gasteiger partial charge in [-0.2, -0.15) is 0 Å². The van der Waals surface area contributed by atoms with E-state index in [2.05, 4.69) is 43.4 Å². The summed E-state index contributed by atoms with van der Waals surface area (Å²) in [5.74, 6) is 1.60. The normalized spacial score (nSPS) is 16.2. The van der Waals surface area contributed by atoms with Crippen molar-refractivity contribution in [3.05, 3.63) is 35.4 Å². The van der Waals surface area contributed by atoms with Crippen LogP contribution in [0.4, 0.5) is 0 Å². The molecule has 17 heavy (non-hydrogen) atoms. The fourth-order valence-corrected chi connectivity index (χ4v) is 2.49. The fraction of sp³-hybridized carbons (Fsp3) is 0.625. The van der Waals surface area contributed by atoms with Crippen molar-refractivity contribution < 1.29 is 0 Å². The van der Waals surface area contributed by atoms with Gasteiger partial charge in [0.1, 0.15) is 0 Å². The first-order chi connectivity index (χ1) is 8.27. The summed E-state index contributed by atoms with van der Waals surface area (Å²) in [7, 11) is 0. The molecule has 1 fully saturated rings. The van der Waals surface area contributed by atoms with E-state index in [4.69, 9.17) is 0 Å². The van der Waals surface area contributed by atoms with Gasteiger partial charge in [-0.25, -0.2) is 0 Å². The quantitative estimate of drug-likeness (QED) is 0.735. The maximum absolute atomic E-state index is 3.54. The SMILES string of the molecule is CC(C)CNCCc1ccccc1C1CCC1. The molecule has 1 nitrogen and oxygen atoms in total. The number of hydrogen-bond donors (Lipinski definition) is 1. The molecule has 1 saturated carbocycles. The van der Waals surface area contributed by atoms with Crippen LogP contribution in [0, 0.1) is 5.92 Å². The Bertz CT molecular complexity index is 339. The van der Waals surface area contributed by atoms with Crippen LogP contribution in [-0.2, 0) is 6.42 Å². The van der Waals surface area contributed by atoms with Gasteiger partial charge in [0.25, 0.3) is 0 Å². The van der Waals surface area contributed by atoms with Crippen molar-refractivity contribution in [2.75, 3.05) is 13.1 Å². The Morgan fingerprint density at radius 2 is 2.00 bits per heavy atom. The predicted octanol–water partition coefficient (Wildman–Crippen LogP) is 3.74. The van der Waals surface area contributed by atoms with Gasteiger partial charge in [-0.3, -0.25) is 0 Å². The molecule has 0 amide bonds. The maximum Gasteiger partial charge on any atom is -0.000814 e. The second kappa shape index (κ2) is 6.20. The lowest BCUT2D eigenvalue weighted by Gasteiger charge is -2.28. The van der Waals surface area contributed by atoms with Gasteiger partial charge in [-0.1, -0.05) is 44.5 Å². The summed E-state index contributed by atoms with van der Waals surface area (Å²) in [6.07, 6.45) is 5.40. The number of nitrogens with one attached hydrogen (secondary N) is 1. The third kappa shape index (κ3) is 3.57. The topological polar surface area (TPSA) is 12.0 Å². The Morgan fingerprint density at radius 1 is 1.24 bits per heavy atom. The molecule has 0 atom stereocenters. The summed E-state index contributed by atoms with van der Waals surface area (Å²) in [5.41, 5.74) is 3.18. The van der Waals surface area contributed by atoms with Crippen molar-refractivity contribution >= 4 is 0 Å². The molecule has 1 aromatic carbocycles. The van der Waals surface area contributed by atoms with Crippen LogP contribution in [0.1, 0.15) is 50.2 Å². The summed E-state index contributed by atoms with van der Waals surface area (Å²) < 4.78 is 0. The van der Waals surface area contributed by atoms with Crippen molar-refractivity contribution in [2.45, 2.75) is 45.4 Å². The minimum atomic E-state index is 0.747. The van der Waals surface area contributed by atoms with Crippen LogP contribution in [0.15, 0.2) is 24.3 Å². The summed E-state index contributed by atoms with van der Waals surface area (Å²) in [6.45, 7) is 6.76. The first-order valence-electron chi connectivity index (χ1n) is 7.06. The third-order valence-corrected chi connectivity index (χ3v) is 3.72. The standard InChI is InChI=1S/C16H25N/c1-13(2)12-17-11-10-15-6-3-4-9-16(15)14-7-5-8-14/h3-4,6,9,13-14,17H,5,7-8,10-12H2,1-2H3. The van der Waals surface area contributed by atoms with Crippen molar-refractivity contribution in [3.63, 3.8) is 0 Å². The van der Waals surface area contributed by atoms with Crippen LogP contribution >= 0.6 is 0 Å². The highest BCUT2D eigenvalue weighted by molar-refractivity contribution is 5.31. The van der Waals surface area contributed by atoms with Gasteiger partial charge in [-0.05, 0) is 55.3 Å². The van der Waals surface area contributed by atoms with E-state index in [0.717, 1.165) is 24.9 Å². The fourth-order valence-electron chi connectivity index (χ4n) is 2.49. The van der Waals surface area contributed by atoms with E-state index in [1.54, 1.807) is 11.1 Å². The monoisotopic (exact) mass is 231 g/mol. The summed E-state index contributed by atoms with van der Waals surface area (Å²) >= 11 is 0. The average molecular weight is 231 g/mol. The lowest BCUT2D eigenvalue weighted by Crippen LogP contribution is -2.23. The van der Waals surface area contributed by atoms with Gasteiger partial charge < -0.3 is 5.32 Å². The van der Waals surface area contributed by atoms with Crippen molar-refractivity contribution in [3.8, 4) is 0 Å². The first-order valence-corrected chi connectivity index (χ1v) is 7.06. The summed E-state index contributed by atoms with van der Waals surface area (Å²) in [6, 6.07) is 9.02. The van der Waals surface area contributed by atoms with Gasteiger partial charge >= 0.3 is 0 Å². The third-order valence-electron chi connectivity index (χ3n) is 3.72. The maximum atomic E-state index is 3.54. The number of rotatable bonds is 6. The van der Waals surface area contributed by atoms with Crippen LogP contribution in [0.25, 0.3) is 0 Å². The van der Waals surface area contributed by atoms with Crippen molar-refractivity contribution in [1.29, 1.82) is 0 Å². The van der Waals surface area contributed by atoms with Gasteiger partial charge in [0.2, 0.25) is 0 Å². The van der Waals surface area contributed by atoms with E-state index >= 15 is 0 Å². The van der Waals surface area contributed by atoms with E-state index in [9.17, 15) is 0 Å². The minimum Gasteiger partial charge on any atom is -0.316 e. The van der Waals surface area contributed by atoms with Gasteiger partial charge in [-0.15, -0.1) is 0 Å². The van der Waals surface area contributed by atoms with Crippen LogP contribution in [0.5, 0.6) is 0 Å². The van der Waals surface area contributed by atoms with E-state index in [1.165, 1.54) is 25.7 Å². The smallest absolute Gasteiger partial charge is 0.000814 e. The molecule has 0 aliphatic heterocycles. The predicted molar refractivity (Wildman–Crippen MR) is 74.4 cm³/mol. The highest BCUT2D eigenvalue weighted by Gasteiger charge is 2.21. The molecule has 0 aromatic heterocycles. The van der Waals surface area contributed by atoms with Crippen LogP contribution in [0.2, 0.25) is 0 Å². The Kier molecular flexibility index (Phi) is 4.61. The van der Waals surface area contributed by atoms with Gasteiger partial charge in [0, 0.05) is 0 Å². The van der Waals surface area contributed by atoms with Gasteiger partial charge in [0.15, 0.2) is 0 Å². The first kappa shape index (κ1) is 12.6. The van der Waals surface area contributed by atoms with Crippen LogP contribution < -0.4 is 5.32 Å². The molecule has 0 saturated heterocycles. The zero-order chi connectivity index (χ0) is 12.1. The van der Waals surface area contributed by atoms with Crippen LogP contribution in [-0.4, -0.2) is 13.1 Å². The van der Waals surface area contributed by atoms with Crippen molar-refractivity contribution in [2.24, 2.45) is 5.92 Å². The highest BCUT2D eigenvalue weighted by Crippen LogP contribution is 2.37. The zero-order valence-corrected chi connectivity index (χ0v) is 11.2. The highest BCUT2D eigenvalue weighted by atomic mass is 14.8. The molecule has 0 bridgehead atoms. The summed E-state index contributed by atoms with van der Waals surface area (Å²) in [4.78, 5) is 0. The lowest BCUT2D eigenvalue weighted by molar-refractivity contribution is 0.417. The van der Waals surface area contributed by atoms with E-state index in [1.807, 2.05) is 0 Å². The molecule has 1 N–H and O–H groups in total. The van der Waals surface area contributed by atoms with Gasteiger partial charge in [0.05, 0.1) is 0 Å². The molecule has 0 unspecified atom stereocenters. The number of hydrogen-bond acceptors (Lipinski definition) is 1. The van der Waals surface area contributed by atoms with E-state index in [-0.39, 0.29) is 0 Å². The second-order valence-electron chi connectivity index (χ2n) is 5.67. The molecule has 0 radical (unpaired) electrons. The molecule has 2 rings (SSSR count). The van der Waals surface area contributed by atoms with Crippen molar-refractivity contribution in [1.82, 2.24) is 5.32 Å². The van der Waals surface area contributed by atoms with E-state index < -0.39 is 0 Å². The Hall–Kier alpha value is -0.820. The molecular weight excluding hydrogens is 206 g/mol. The molecule has 1 aromatic rings. The second-order valence-corrected chi connectivity index (χ2v) is 5.67. The largest absolute Gasteiger partial charge is 0.316 e. The molecule has 1 aliphatic rings. The molecule has 1 aliphatic carbocycles. The lowest BCUT2D eigenvalue weighted by atomic mass is 9.78. The molecule has 0 spiro atoms. The number of benzene rings is 1. The molecular formula is C16H25N. The zero-order valence-electron chi connectivity index (χ0n) is 11.2. The average Bonchev–Trinajstić information content (AvgIpc) is 2.24.